The first-order valence-electron chi connectivity index (χ1n) is 7.41. The molecule has 0 unspecified atom stereocenters. The zero-order valence-electron chi connectivity index (χ0n) is 12.3. The van der Waals surface area contributed by atoms with Crippen LogP contribution in [-0.4, -0.2) is 22.4 Å². The molecule has 21 heavy (non-hydrogen) atoms. The van der Waals surface area contributed by atoms with Crippen LogP contribution in [0.2, 0.25) is 0 Å². The molecule has 3 heteroatoms. The van der Waals surface area contributed by atoms with Gasteiger partial charge in [-0.2, -0.15) is 0 Å². The van der Waals surface area contributed by atoms with Gasteiger partial charge in [-0.15, -0.1) is 0 Å². The number of hydrogen-bond donors (Lipinski definition) is 0. The predicted molar refractivity (Wildman–Crippen MR) is 90.1 cm³/mol. The predicted octanol–water partition coefficient (Wildman–Crippen LogP) is 4.58. The Hall–Kier alpha value is -1.58. The third kappa shape index (κ3) is 4.19. The van der Waals surface area contributed by atoms with Crippen LogP contribution in [0.1, 0.15) is 24.2 Å². The summed E-state index contributed by atoms with van der Waals surface area (Å²) in [5.74, 6) is 0. The second-order valence-corrected chi connectivity index (χ2v) is 6.51. The molecule has 0 spiro atoms. The molecule has 0 bridgehead atoms. The molecule has 1 aromatic heterocycles. The zero-order chi connectivity index (χ0) is 14.5. The molecule has 2 heterocycles. The van der Waals surface area contributed by atoms with E-state index in [0.717, 1.165) is 37.3 Å². The summed E-state index contributed by atoms with van der Waals surface area (Å²) < 4.78 is 2.45. The highest BCUT2D eigenvalue weighted by Gasteiger charge is 2.14. The molecule has 3 rings (SSSR count). The third-order valence-electron chi connectivity index (χ3n) is 3.60. The summed E-state index contributed by atoms with van der Waals surface area (Å²) in [7, 11) is 0. The quantitative estimate of drug-likeness (QED) is 0.771. The molecule has 108 valence electrons. The standard InChI is InChI=1S/C18H20N2S/c1-15-6-5-7-17(19-15)14-16-10-12-20(13-11-16)21-18-8-3-2-4-9-18/h2-9,14H,10-13H2,1H3. The molecule has 0 saturated carbocycles. The number of benzene rings is 1. The van der Waals surface area contributed by atoms with Crippen LogP contribution in [-0.2, 0) is 0 Å². The fourth-order valence-electron chi connectivity index (χ4n) is 2.49. The van der Waals surface area contributed by atoms with E-state index in [1.54, 1.807) is 0 Å². The van der Waals surface area contributed by atoms with Crippen LogP contribution in [0.4, 0.5) is 0 Å². The lowest BCUT2D eigenvalue weighted by molar-refractivity contribution is 0.436. The van der Waals surface area contributed by atoms with Gasteiger partial charge in [0.25, 0.3) is 0 Å². The molecule has 0 N–H and O–H groups in total. The van der Waals surface area contributed by atoms with E-state index in [2.05, 4.69) is 57.8 Å². The summed E-state index contributed by atoms with van der Waals surface area (Å²) in [6.45, 7) is 4.26. The van der Waals surface area contributed by atoms with Crippen LogP contribution in [0.25, 0.3) is 6.08 Å². The van der Waals surface area contributed by atoms with Gasteiger partial charge in [0.2, 0.25) is 0 Å². The minimum Gasteiger partial charge on any atom is -0.254 e. The topological polar surface area (TPSA) is 16.1 Å². The van der Waals surface area contributed by atoms with Crippen molar-refractivity contribution >= 4 is 18.0 Å². The van der Waals surface area contributed by atoms with Gasteiger partial charge in [-0.1, -0.05) is 29.8 Å². The van der Waals surface area contributed by atoms with Crippen molar-refractivity contribution in [1.29, 1.82) is 0 Å². The number of piperidine rings is 1. The first-order valence-corrected chi connectivity index (χ1v) is 8.18. The van der Waals surface area contributed by atoms with Gasteiger partial charge in [-0.25, -0.2) is 4.31 Å². The van der Waals surface area contributed by atoms with Gasteiger partial charge >= 0.3 is 0 Å². The summed E-state index contributed by atoms with van der Waals surface area (Å²) in [5.41, 5.74) is 3.69. The van der Waals surface area contributed by atoms with Crippen LogP contribution >= 0.6 is 11.9 Å². The summed E-state index contributed by atoms with van der Waals surface area (Å²) in [6, 6.07) is 16.8. The van der Waals surface area contributed by atoms with Crippen molar-refractivity contribution in [2.45, 2.75) is 24.7 Å². The molecule has 0 aliphatic carbocycles. The molecule has 0 radical (unpaired) electrons. The van der Waals surface area contributed by atoms with Gasteiger partial charge < -0.3 is 0 Å². The Bertz CT molecular complexity index is 612. The third-order valence-corrected chi connectivity index (χ3v) is 4.71. The lowest BCUT2D eigenvalue weighted by atomic mass is 10.0. The van der Waals surface area contributed by atoms with Crippen molar-refractivity contribution in [3.05, 3.63) is 65.5 Å². The van der Waals surface area contributed by atoms with E-state index in [4.69, 9.17) is 0 Å². The van der Waals surface area contributed by atoms with Gasteiger partial charge in [-0.05, 0) is 62.1 Å². The summed E-state index contributed by atoms with van der Waals surface area (Å²) in [4.78, 5) is 5.88. The van der Waals surface area contributed by atoms with Gasteiger partial charge in [0, 0.05) is 23.7 Å². The van der Waals surface area contributed by atoms with Gasteiger partial charge in [0.15, 0.2) is 0 Å². The van der Waals surface area contributed by atoms with Gasteiger partial charge in [0.05, 0.1) is 5.69 Å². The number of rotatable bonds is 3. The van der Waals surface area contributed by atoms with Gasteiger partial charge in [-0.3, -0.25) is 4.98 Å². The first kappa shape index (κ1) is 14.4. The lowest BCUT2D eigenvalue weighted by Crippen LogP contribution is -2.24. The van der Waals surface area contributed by atoms with E-state index in [0.29, 0.717) is 0 Å². The van der Waals surface area contributed by atoms with E-state index in [-0.39, 0.29) is 0 Å². The molecule has 0 amide bonds. The van der Waals surface area contributed by atoms with Crippen molar-refractivity contribution in [2.24, 2.45) is 0 Å². The molecule has 1 aromatic carbocycles. The van der Waals surface area contributed by atoms with Crippen LogP contribution in [0.15, 0.2) is 59.0 Å². The normalized spacial score (nSPS) is 16.0. The Morgan fingerprint density at radius 3 is 2.48 bits per heavy atom. The average Bonchev–Trinajstić information content (AvgIpc) is 2.50. The van der Waals surface area contributed by atoms with Crippen LogP contribution in [0, 0.1) is 6.92 Å². The molecular weight excluding hydrogens is 276 g/mol. The fraction of sp³-hybridized carbons (Fsp3) is 0.278. The maximum Gasteiger partial charge on any atom is 0.0632 e. The fourth-order valence-corrected chi connectivity index (χ4v) is 3.44. The number of pyridine rings is 1. The van der Waals surface area contributed by atoms with E-state index < -0.39 is 0 Å². The van der Waals surface area contributed by atoms with Crippen molar-refractivity contribution in [2.75, 3.05) is 13.1 Å². The highest BCUT2D eigenvalue weighted by Crippen LogP contribution is 2.28. The molecule has 2 nitrogen and oxygen atoms in total. The Morgan fingerprint density at radius 1 is 1.00 bits per heavy atom. The maximum atomic E-state index is 4.56. The molecule has 1 aliphatic heterocycles. The summed E-state index contributed by atoms with van der Waals surface area (Å²) in [5, 5.41) is 0. The van der Waals surface area contributed by atoms with Crippen molar-refractivity contribution < 1.29 is 0 Å². The van der Waals surface area contributed by atoms with E-state index in [1.807, 2.05) is 24.9 Å². The lowest BCUT2D eigenvalue weighted by Gasteiger charge is -2.27. The monoisotopic (exact) mass is 296 g/mol. The van der Waals surface area contributed by atoms with Gasteiger partial charge in [0.1, 0.15) is 0 Å². The Labute approximate surface area is 131 Å². The Kier molecular flexibility index (Phi) is 4.73. The largest absolute Gasteiger partial charge is 0.254 e. The average molecular weight is 296 g/mol. The number of aromatic nitrogens is 1. The number of nitrogens with zero attached hydrogens (tertiary/aromatic N) is 2. The summed E-state index contributed by atoms with van der Waals surface area (Å²) >= 11 is 1.87. The molecule has 1 fully saturated rings. The number of hydrogen-bond acceptors (Lipinski definition) is 3. The van der Waals surface area contributed by atoms with E-state index in [1.165, 1.54) is 10.5 Å². The Balaban J connectivity index is 1.58. The highest BCUT2D eigenvalue weighted by molar-refractivity contribution is 7.97. The molecular formula is C18H20N2S. The van der Waals surface area contributed by atoms with E-state index in [9.17, 15) is 0 Å². The van der Waals surface area contributed by atoms with Crippen LogP contribution in [0.5, 0.6) is 0 Å². The van der Waals surface area contributed by atoms with Crippen LogP contribution < -0.4 is 0 Å². The first-order chi connectivity index (χ1) is 10.3. The van der Waals surface area contributed by atoms with Crippen LogP contribution in [0.3, 0.4) is 0 Å². The Morgan fingerprint density at radius 2 is 1.76 bits per heavy atom. The van der Waals surface area contributed by atoms with Crippen molar-refractivity contribution in [1.82, 2.24) is 9.29 Å². The molecule has 1 saturated heterocycles. The second-order valence-electron chi connectivity index (χ2n) is 5.34. The molecule has 1 aliphatic rings. The highest BCUT2D eigenvalue weighted by atomic mass is 32.2. The molecule has 2 aromatic rings. The SMILES string of the molecule is Cc1cccc(C=C2CCN(Sc3ccccc3)CC2)n1. The second kappa shape index (κ2) is 6.92. The van der Waals surface area contributed by atoms with Crippen molar-refractivity contribution in [3.8, 4) is 0 Å². The summed E-state index contributed by atoms with van der Waals surface area (Å²) in [6.07, 6.45) is 4.53. The molecule has 0 atom stereocenters. The maximum absolute atomic E-state index is 4.56. The van der Waals surface area contributed by atoms with Crippen molar-refractivity contribution in [3.63, 3.8) is 0 Å². The minimum absolute atomic E-state index is 1.08. The number of aryl methyl sites for hydroxylation is 1. The zero-order valence-corrected chi connectivity index (χ0v) is 13.1. The minimum atomic E-state index is 1.08. The van der Waals surface area contributed by atoms with E-state index >= 15 is 0 Å². The smallest absolute Gasteiger partial charge is 0.0632 e.